The highest BCUT2D eigenvalue weighted by atomic mass is 16.8. The molecule has 9 saturated heterocycles. The lowest BCUT2D eigenvalue weighted by Gasteiger charge is -2.52. The van der Waals surface area contributed by atoms with Crippen LogP contribution in [-0.4, -0.2) is 510 Å². The molecule has 49 atom stereocenters. The highest BCUT2D eigenvalue weighted by molar-refractivity contribution is 5.74. The van der Waals surface area contributed by atoms with Gasteiger partial charge in [-0.3, -0.25) is 19.2 Å². The van der Waals surface area contributed by atoms with Gasteiger partial charge >= 0.3 is 0 Å². The Morgan fingerprint density at radius 3 is 0.992 bits per heavy atom. The van der Waals surface area contributed by atoms with E-state index in [4.69, 9.17) is 85.3 Å². The molecule has 9 heterocycles. The Kier molecular flexibility index (Phi) is 36.4. The maximum absolute atomic E-state index is 13.2. The van der Waals surface area contributed by atoms with Crippen LogP contribution >= 0.6 is 0 Å². The number of carbonyl (C=O) groups excluding carboxylic acids is 4. The van der Waals surface area contributed by atoms with Gasteiger partial charge in [-0.25, -0.2) is 0 Å². The average molecular weight is 1760 g/mol. The number of hydrogen-bond acceptors (Lipinski definition) is 48. The van der Waals surface area contributed by atoms with Crippen LogP contribution in [0, 0.1) is 0 Å². The summed E-state index contributed by atoms with van der Waals surface area (Å²) >= 11 is 0. The first kappa shape index (κ1) is 99.9. The first-order valence-electron chi connectivity index (χ1n) is 38.6. The van der Waals surface area contributed by atoms with Gasteiger partial charge in [-0.15, -0.1) is 0 Å². The van der Waals surface area contributed by atoms with Crippen LogP contribution in [0.5, 0.6) is 0 Å². The van der Waals surface area contributed by atoms with Crippen LogP contribution in [0.15, 0.2) is 0 Å². The van der Waals surface area contributed by atoms with E-state index in [-0.39, 0.29) is 0 Å². The van der Waals surface area contributed by atoms with Gasteiger partial charge in [-0.2, -0.15) is 0 Å². The molecule has 52 nitrogen and oxygen atoms in total. The Balaban J connectivity index is 1.00. The van der Waals surface area contributed by atoms with Crippen molar-refractivity contribution in [2.75, 3.05) is 52.9 Å². The van der Waals surface area contributed by atoms with Crippen molar-refractivity contribution < 1.29 is 237 Å². The van der Waals surface area contributed by atoms with Crippen LogP contribution < -0.4 is 21.3 Å². The smallest absolute Gasteiger partial charge is 0.217 e. The fourth-order valence-electron chi connectivity index (χ4n) is 15.3. The minimum Gasteiger partial charge on any atom is -0.394 e. The lowest BCUT2D eigenvalue weighted by Crippen LogP contribution is -2.71. The van der Waals surface area contributed by atoms with E-state index < -0.39 is 377 Å². The Morgan fingerprint density at radius 1 is 0.300 bits per heavy atom. The molecule has 0 aliphatic carbocycles. The maximum Gasteiger partial charge on any atom is 0.217 e. The van der Waals surface area contributed by atoms with Crippen molar-refractivity contribution in [2.24, 2.45) is 0 Å². The average Bonchev–Trinajstić information content (AvgIpc) is 0.758. The number of rotatable bonds is 33. The van der Waals surface area contributed by atoms with Gasteiger partial charge in [0.25, 0.3) is 0 Å². The van der Waals surface area contributed by atoms with E-state index in [1.165, 1.54) is 20.8 Å². The van der Waals surface area contributed by atoms with Crippen molar-refractivity contribution in [3.63, 3.8) is 0 Å². The lowest BCUT2D eigenvalue weighted by atomic mass is 9.93. The topological polar surface area (TPSA) is 809 Å². The van der Waals surface area contributed by atoms with Gasteiger partial charge in [-0.05, 0) is 20.8 Å². The minimum atomic E-state index is -2.55. The predicted octanol–water partition coefficient (Wildman–Crippen LogP) is -19.5. The summed E-state index contributed by atoms with van der Waals surface area (Å²) in [5.74, 6) is -3.78. The minimum absolute atomic E-state index is 0.860. The van der Waals surface area contributed by atoms with Gasteiger partial charge in [-0.1, -0.05) is 0 Å². The molecule has 0 aromatic carbocycles. The summed E-state index contributed by atoms with van der Waals surface area (Å²) in [6.07, 6.45) is -91.8. The molecule has 0 saturated carbocycles. The summed E-state index contributed by atoms with van der Waals surface area (Å²) in [6.45, 7) is -1.81. The second-order valence-electron chi connectivity index (χ2n) is 30.7. The number of aliphatic hydroxyl groups excluding tert-OH is 26. The Hall–Kier alpha value is -3.88. The van der Waals surface area contributed by atoms with Crippen LogP contribution in [0.4, 0.5) is 0 Å². The first-order chi connectivity index (χ1) is 56.6. The van der Waals surface area contributed by atoms with Crippen LogP contribution in [-0.2, 0) is 104 Å². The molecule has 0 bridgehead atoms. The van der Waals surface area contributed by atoms with Crippen molar-refractivity contribution in [2.45, 2.75) is 349 Å². The van der Waals surface area contributed by atoms with E-state index in [1.54, 1.807) is 0 Å². The van der Waals surface area contributed by atoms with Crippen molar-refractivity contribution >= 4 is 23.6 Å². The fraction of sp³-hybridized carbons (Fsp3) is 0.941. The monoisotopic (exact) mass is 1760 g/mol. The van der Waals surface area contributed by atoms with Crippen molar-refractivity contribution in [1.82, 2.24) is 21.3 Å². The molecule has 0 radical (unpaired) electrons. The molecule has 4 amide bonds. The third kappa shape index (κ3) is 22.4. The molecule has 696 valence electrons. The second-order valence-corrected chi connectivity index (χ2v) is 30.7. The predicted molar refractivity (Wildman–Crippen MR) is 374 cm³/mol. The Labute approximate surface area is 682 Å². The standard InChI is InChI=1S/C68H116N4O48/c1-16-34(85)45(96)49(100)63(104-16)118-57-48(99)39(90)26(10-75)108-66(57)114-54-30(14-79)112-62(33(44(54)95)72-22(7)83)117-56-41(92)28(12-77)110-68(59(56)120-65-51(102)47(98)36(87)18(3)106-65)115-53-29(13-78)111-60(32(43(53)94)71-21(6)82)103-15-24(84)37(88)52(23(8-73)69-19(4)80)113-67-58(119-64-50(101)46(97)35(86)17(2)105-64)55(40(91)27(11-76)109-67)116-61-31(70-20(5)81)42(93)38(89)25(9-74)107-61/h16-18,23-68,73-79,84-102H,8-15H2,1-7H3,(H,69,80)(H,70,81)(H,71,82)(H,72,83)/t16-,17-,18-,23-,24+,25+,26+,27+,28+,29+,30+,31+,32+,33+,34+,35+,36+,37-,38-,39-,40-,41-,42+,43+,44+,45+,46+,47+,48-,49-,50-,51-,52+,53+,54+,55-,56-,57+,58+,59+,60+,61+,62-,63-,64-,65-,66-,67-,68-/m0/s1. The molecule has 9 aliphatic heterocycles. The summed E-state index contributed by atoms with van der Waals surface area (Å²) in [5.41, 5.74) is 0. The largest absolute Gasteiger partial charge is 0.394 e. The van der Waals surface area contributed by atoms with Gasteiger partial charge < -0.3 is 239 Å². The van der Waals surface area contributed by atoms with Crippen LogP contribution in [0.1, 0.15) is 48.5 Å². The van der Waals surface area contributed by atoms with E-state index in [1.807, 2.05) is 0 Å². The molecule has 0 unspecified atom stereocenters. The van der Waals surface area contributed by atoms with Crippen LogP contribution in [0.2, 0.25) is 0 Å². The molecule has 0 aromatic rings. The van der Waals surface area contributed by atoms with E-state index in [0.717, 1.165) is 27.7 Å². The maximum atomic E-state index is 13.2. The third-order valence-corrected chi connectivity index (χ3v) is 22.0. The zero-order valence-corrected chi connectivity index (χ0v) is 65.6. The summed E-state index contributed by atoms with van der Waals surface area (Å²) in [7, 11) is 0. The number of ether oxygens (including phenoxy) is 18. The van der Waals surface area contributed by atoms with E-state index in [0.29, 0.717) is 0 Å². The Morgan fingerprint density at radius 2 is 0.608 bits per heavy atom. The van der Waals surface area contributed by atoms with Gasteiger partial charge in [0.2, 0.25) is 23.6 Å². The van der Waals surface area contributed by atoms with Gasteiger partial charge in [0, 0.05) is 27.7 Å². The molecular formula is C68H116N4O48. The quantitative estimate of drug-likeness (QED) is 0.0290. The normalized spacial score (nSPS) is 47.6. The molecule has 120 heavy (non-hydrogen) atoms. The number of nitrogens with one attached hydrogen (secondary N) is 4. The van der Waals surface area contributed by atoms with Crippen molar-refractivity contribution in [3.8, 4) is 0 Å². The second kappa shape index (κ2) is 43.7. The van der Waals surface area contributed by atoms with E-state index >= 15 is 0 Å². The highest BCUT2D eigenvalue weighted by Gasteiger charge is 2.62. The van der Waals surface area contributed by atoms with Crippen molar-refractivity contribution in [3.05, 3.63) is 0 Å². The van der Waals surface area contributed by atoms with E-state index in [9.17, 15) is 152 Å². The molecule has 9 rings (SSSR count). The molecule has 0 aromatic heterocycles. The Bertz CT molecular complexity index is 3200. The third-order valence-electron chi connectivity index (χ3n) is 22.0. The summed E-state index contributed by atoms with van der Waals surface area (Å²) in [4.78, 5) is 51.8. The highest BCUT2D eigenvalue weighted by Crippen LogP contribution is 2.41. The number of carbonyl (C=O) groups is 4. The zero-order valence-electron chi connectivity index (χ0n) is 65.6. The molecule has 0 spiro atoms. The SMILES string of the molecule is CC(=O)N[C@H]1[C@H](O[C@H]2[C@@H](O)[C@@H](CO)O[C@@H](O[C@H]3[C@H](O)[C@@H](NC(C)=O)[C@H](OC[C@@H](O)[C@H](O)[C@H](O[C@@H]4O[C@H](CO)[C@H](O)[C@H](O[C@H]5O[C@H](CO)[C@H](O)[C@H](O)[C@H]5NC(C)=O)[C@H]4O[C@@H]4O[C@@H](C)[C@@H](O)[C@@H](O)[C@@H]4O)[C@H](CO)NC(C)=O)O[C@@H]3CO)[C@@H]2O[C@@H]2O[C@@H](C)[C@@H](O)[C@@H](O)[C@@H]2O)O[C@H](CO)[C@@H](O[C@@H]2O[C@H](CO)[C@H](O)[C@H](O)[C@H]2O[C@@H]2O[C@@H](C)[C@@H](O)[C@@H](O)[C@@H]2O)[C@@H]1O. The van der Waals surface area contributed by atoms with Gasteiger partial charge in [0.15, 0.2) is 56.6 Å². The first-order valence-corrected chi connectivity index (χ1v) is 38.6. The van der Waals surface area contributed by atoms with Gasteiger partial charge in [0.1, 0.15) is 220 Å². The fourth-order valence-corrected chi connectivity index (χ4v) is 15.3. The number of aliphatic hydroxyl groups is 26. The van der Waals surface area contributed by atoms with Crippen molar-refractivity contribution in [1.29, 1.82) is 0 Å². The summed E-state index contributed by atoms with van der Waals surface area (Å²) < 4.78 is 108. The summed E-state index contributed by atoms with van der Waals surface area (Å²) in [6, 6.07) is -7.67. The molecule has 52 heteroatoms. The lowest BCUT2D eigenvalue weighted by molar-refractivity contribution is -0.404. The van der Waals surface area contributed by atoms with E-state index in [2.05, 4.69) is 21.3 Å². The van der Waals surface area contributed by atoms with Crippen LogP contribution in [0.25, 0.3) is 0 Å². The number of amides is 4. The molecule has 9 aliphatic rings. The zero-order chi connectivity index (χ0) is 88.8. The molecule has 9 fully saturated rings. The van der Waals surface area contributed by atoms with Crippen LogP contribution in [0.3, 0.4) is 0 Å². The van der Waals surface area contributed by atoms with Gasteiger partial charge in [0.05, 0.1) is 77.2 Å². The number of hydrogen-bond donors (Lipinski definition) is 30. The molecular weight excluding hydrogens is 1640 g/mol. The summed E-state index contributed by atoms with van der Waals surface area (Å²) in [5, 5.41) is 300. The molecule has 30 N–H and O–H groups in total.